The molecule has 1 amide bonds. The van der Waals surface area contributed by atoms with Crippen LogP contribution < -0.4 is 14.8 Å². The molecule has 5 nitrogen and oxygen atoms in total. The van der Waals surface area contributed by atoms with E-state index < -0.39 is 0 Å². The van der Waals surface area contributed by atoms with E-state index in [4.69, 9.17) is 9.47 Å². The number of nitrogens with zero attached hydrogens (tertiary/aromatic N) is 1. The number of nitrogens with one attached hydrogen (secondary N) is 1. The maximum absolute atomic E-state index is 12.5. The summed E-state index contributed by atoms with van der Waals surface area (Å²) in [6.07, 6.45) is 1.06. The Morgan fingerprint density at radius 3 is 2.81 bits per heavy atom. The van der Waals surface area contributed by atoms with E-state index >= 15 is 0 Å². The van der Waals surface area contributed by atoms with Gasteiger partial charge in [0, 0.05) is 13.6 Å². The highest BCUT2D eigenvalue weighted by Gasteiger charge is 2.31. The van der Waals surface area contributed by atoms with Crippen molar-refractivity contribution in [2.24, 2.45) is 5.92 Å². The fourth-order valence-electron chi connectivity index (χ4n) is 2.94. The summed E-state index contributed by atoms with van der Waals surface area (Å²) in [5.74, 6) is 2.12. The Bertz CT molecular complexity index is 532. The maximum Gasteiger partial charge on any atom is 0.240 e. The van der Waals surface area contributed by atoms with Crippen molar-refractivity contribution in [3.8, 4) is 11.5 Å². The molecule has 3 rings (SSSR count). The number of hydrogen-bond donors (Lipinski definition) is 1. The van der Waals surface area contributed by atoms with Crippen LogP contribution in [0, 0.1) is 5.92 Å². The van der Waals surface area contributed by atoms with Gasteiger partial charge in [0.25, 0.3) is 0 Å². The number of benzene rings is 1. The van der Waals surface area contributed by atoms with E-state index in [1.54, 1.807) is 4.90 Å². The molecule has 2 atom stereocenters. The molecule has 2 unspecified atom stereocenters. The third kappa shape index (κ3) is 2.97. The molecular weight excluding hydrogens is 268 g/mol. The third-order valence-electron chi connectivity index (χ3n) is 4.20. The van der Waals surface area contributed by atoms with Gasteiger partial charge in [-0.1, -0.05) is 13.0 Å². The Kier molecular flexibility index (Phi) is 4.01. The van der Waals surface area contributed by atoms with Crippen molar-refractivity contribution in [1.29, 1.82) is 0 Å². The van der Waals surface area contributed by atoms with Crippen LogP contribution in [-0.2, 0) is 11.3 Å². The molecule has 21 heavy (non-hydrogen) atoms. The Morgan fingerprint density at radius 2 is 2.10 bits per heavy atom. The third-order valence-corrected chi connectivity index (χ3v) is 4.20. The van der Waals surface area contributed by atoms with Gasteiger partial charge in [-0.05, 0) is 36.6 Å². The molecule has 5 heteroatoms. The van der Waals surface area contributed by atoms with E-state index in [0.29, 0.717) is 25.7 Å². The first kappa shape index (κ1) is 14.2. The maximum atomic E-state index is 12.5. The fraction of sp³-hybridized carbons (Fsp3) is 0.562. The molecule has 2 heterocycles. The van der Waals surface area contributed by atoms with Gasteiger partial charge < -0.3 is 19.7 Å². The highest BCUT2D eigenvalue weighted by Crippen LogP contribution is 2.31. The molecule has 2 aliphatic rings. The molecule has 1 saturated heterocycles. The van der Waals surface area contributed by atoms with Crippen molar-refractivity contribution < 1.29 is 14.3 Å². The van der Waals surface area contributed by atoms with Gasteiger partial charge in [-0.15, -0.1) is 0 Å². The van der Waals surface area contributed by atoms with Crippen LogP contribution in [0.2, 0.25) is 0 Å². The largest absolute Gasteiger partial charge is 0.486 e. The lowest BCUT2D eigenvalue weighted by Crippen LogP contribution is -2.43. The molecule has 0 bridgehead atoms. The highest BCUT2D eigenvalue weighted by molar-refractivity contribution is 5.82. The predicted molar refractivity (Wildman–Crippen MR) is 79.5 cm³/mol. The van der Waals surface area contributed by atoms with E-state index in [9.17, 15) is 4.79 Å². The second kappa shape index (κ2) is 5.93. The standard InChI is InChI=1S/C16H22N2O3/c1-11-5-6-17-15(11)16(19)18(2)10-12-3-4-13-14(9-12)21-8-7-20-13/h3-4,9,11,15,17H,5-8,10H2,1-2H3. The number of fused-ring (bicyclic) bond motifs is 1. The van der Waals surface area contributed by atoms with Crippen LogP contribution in [0.3, 0.4) is 0 Å². The quantitative estimate of drug-likeness (QED) is 0.914. The van der Waals surface area contributed by atoms with Gasteiger partial charge in [-0.3, -0.25) is 4.79 Å². The zero-order valence-electron chi connectivity index (χ0n) is 12.6. The monoisotopic (exact) mass is 290 g/mol. The molecule has 0 saturated carbocycles. The Labute approximate surface area is 125 Å². The summed E-state index contributed by atoms with van der Waals surface area (Å²) >= 11 is 0. The second-order valence-corrected chi connectivity index (χ2v) is 5.87. The molecule has 2 aliphatic heterocycles. The van der Waals surface area contributed by atoms with Crippen LogP contribution >= 0.6 is 0 Å². The van der Waals surface area contributed by atoms with Crippen molar-refractivity contribution in [2.75, 3.05) is 26.8 Å². The van der Waals surface area contributed by atoms with Crippen molar-refractivity contribution in [1.82, 2.24) is 10.2 Å². The van der Waals surface area contributed by atoms with E-state index in [-0.39, 0.29) is 11.9 Å². The number of carbonyl (C=O) groups excluding carboxylic acids is 1. The minimum absolute atomic E-state index is 0.0489. The van der Waals surface area contributed by atoms with Crippen LogP contribution in [0.5, 0.6) is 11.5 Å². The average molecular weight is 290 g/mol. The predicted octanol–water partition coefficient (Wildman–Crippen LogP) is 1.41. The molecule has 1 aromatic carbocycles. The van der Waals surface area contributed by atoms with Crippen molar-refractivity contribution >= 4 is 5.91 Å². The zero-order valence-corrected chi connectivity index (χ0v) is 12.6. The highest BCUT2D eigenvalue weighted by atomic mass is 16.6. The minimum atomic E-state index is -0.0489. The summed E-state index contributed by atoms with van der Waals surface area (Å²) in [7, 11) is 1.85. The number of hydrogen-bond acceptors (Lipinski definition) is 4. The Morgan fingerprint density at radius 1 is 1.33 bits per heavy atom. The summed E-state index contributed by atoms with van der Waals surface area (Å²) in [6, 6.07) is 5.82. The number of ether oxygens (including phenoxy) is 2. The van der Waals surface area contributed by atoms with E-state index in [2.05, 4.69) is 12.2 Å². The SMILES string of the molecule is CC1CCNC1C(=O)N(C)Cc1ccc2c(c1)OCCO2. The smallest absolute Gasteiger partial charge is 0.240 e. The molecule has 114 valence electrons. The molecule has 0 aromatic heterocycles. The first-order chi connectivity index (χ1) is 10.1. The van der Waals surface area contributed by atoms with E-state index in [0.717, 1.165) is 30.0 Å². The van der Waals surface area contributed by atoms with Gasteiger partial charge in [0.15, 0.2) is 11.5 Å². The van der Waals surface area contributed by atoms with Gasteiger partial charge >= 0.3 is 0 Å². The minimum Gasteiger partial charge on any atom is -0.486 e. The summed E-state index contributed by atoms with van der Waals surface area (Å²) in [6.45, 7) is 4.81. The summed E-state index contributed by atoms with van der Waals surface area (Å²) < 4.78 is 11.1. The van der Waals surface area contributed by atoms with Crippen molar-refractivity contribution in [2.45, 2.75) is 25.9 Å². The molecule has 0 radical (unpaired) electrons. The first-order valence-corrected chi connectivity index (χ1v) is 7.52. The van der Waals surface area contributed by atoms with Crippen molar-refractivity contribution in [3.63, 3.8) is 0 Å². The normalized spacial score (nSPS) is 23.9. The molecular formula is C16H22N2O3. The van der Waals surface area contributed by atoms with Gasteiger partial charge in [-0.25, -0.2) is 0 Å². The van der Waals surface area contributed by atoms with Crippen LogP contribution in [0.1, 0.15) is 18.9 Å². The molecule has 0 aliphatic carbocycles. The van der Waals surface area contributed by atoms with Crippen molar-refractivity contribution in [3.05, 3.63) is 23.8 Å². The molecule has 1 fully saturated rings. The first-order valence-electron chi connectivity index (χ1n) is 7.52. The summed E-state index contributed by atoms with van der Waals surface area (Å²) in [5.41, 5.74) is 1.06. The average Bonchev–Trinajstić information content (AvgIpc) is 2.92. The van der Waals surface area contributed by atoms with Gasteiger partial charge in [0.1, 0.15) is 13.2 Å². The molecule has 1 aromatic rings. The van der Waals surface area contributed by atoms with Crippen LogP contribution in [0.15, 0.2) is 18.2 Å². The van der Waals surface area contributed by atoms with Gasteiger partial charge in [0.05, 0.1) is 6.04 Å². The lowest BCUT2D eigenvalue weighted by molar-refractivity contribution is -0.133. The van der Waals surface area contributed by atoms with E-state index in [1.807, 2.05) is 25.2 Å². The lowest BCUT2D eigenvalue weighted by atomic mass is 10.0. The summed E-state index contributed by atoms with van der Waals surface area (Å²) in [5, 5.41) is 3.29. The van der Waals surface area contributed by atoms with E-state index in [1.165, 1.54) is 0 Å². The summed E-state index contributed by atoms with van der Waals surface area (Å²) in [4.78, 5) is 14.2. The van der Waals surface area contributed by atoms with Crippen LogP contribution in [0.4, 0.5) is 0 Å². The van der Waals surface area contributed by atoms with Crippen LogP contribution in [-0.4, -0.2) is 43.7 Å². The topological polar surface area (TPSA) is 50.8 Å². The van der Waals surface area contributed by atoms with Gasteiger partial charge in [-0.2, -0.15) is 0 Å². The lowest BCUT2D eigenvalue weighted by Gasteiger charge is -2.24. The Hall–Kier alpha value is -1.75. The zero-order chi connectivity index (χ0) is 14.8. The number of likely N-dealkylation sites (N-methyl/N-ethyl adjacent to an activating group) is 1. The number of rotatable bonds is 3. The van der Waals surface area contributed by atoms with Crippen LogP contribution in [0.25, 0.3) is 0 Å². The van der Waals surface area contributed by atoms with Gasteiger partial charge in [0.2, 0.25) is 5.91 Å². The molecule has 1 N–H and O–H groups in total. The second-order valence-electron chi connectivity index (χ2n) is 5.87. The Balaban J connectivity index is 1.67. The number of carbonyl (C=O) groups is 1. The fourth-order valence-corrected chi connectivity index (χ4v) is 2.94. The number of amides is 1. The molecule has 0 spiro atoms.